The number of benzene rings is 1. The van der Waals surface area contributed by atoms with Crippen molar-refractivity contribution in [1.29, 1.82) is 0 Å². The van der Waals surface area contributed by atoms with Gasteiger partial charge >= 0.3 is 6.18 Å². The molecule has 1 aromatic rings. The van der Waals surface area contributed by atoms with Gasteiger partial charge in [0.1, 0.15) is 0 Å². The molecule has 7 heteroatoms. The van der Waals surface area contributed by atoms with Crippen LogP contribution in [0.3, 0.4) is 0 Å². The first kappa shape index (κ1) is 16.0. The predicted octanol–water partition coefficient (Wildman–Crippen LogP) is 3.23. The van der Waals surface area contributed by atoms with Crippen molar-refractivity contribution in [3.05, 3.63) is 33.8 Å². The van der Waals surface area contributed by atoms with E-state index in [1.807, 2.05) is 0 Å². The third kappa shape index (κ3) is 4.50. The van der Waals surface area contributed by atoms with Crippen molar-refractivity contribution in [3.8, 4) is 0 Å². The van der Waals surface area contributed by atoms with E-state index in [-0.39, 0.29) is 10.0 Å². The Hall–Kier alpha value is -1.08. The van der Waals surface area contributed by atoms with E-state index >= 15 is 0 Å². The lowest BCUT2D eigenvalue weighted by atomic mass is 10.1. The summed E-state index contributed by atoms with van der Waals surface area (Å²) in [5, 5.41) is 2.54. The molecule has 0 aliphatic carbocycles. The third-order valence-electron chi connectivity index (χ3n) is 2.36. The summed E-state index contributed by atoms with van der Waals surface area (Å²) in [6, 6.07) is 3.47. The van der Waals surface area contributed by atoms with E-state index in [9.17, 15) is 18.0 Å². The molecule has 0 saturated heterocycles. The number of carbonyl (C=O) groups excluding carboxylic acids is 1. The maximum atomic E-state index is 12.7. The molecule has 106 valence electrons. The maximum absolute atomic E-state index is 12.7. The van der Waals surface area contributed by atoms with Gasteiger partial charge in [-0.1, -0.05) is 6.07 Å². The molecule has 0 bridgehead atoms. The highest BCUT2D eigenvalue weighted by Crippen LogP contribution is 2.36. The standard InChI is InChI=1S/C12H13BrF3NO2/c1-19-7-3-6-17-11(18)8-4-2-5-9(10(8)13)12(14,15)16/h2,4-5H,3,6-7H2,1H3,(H,17,18). The van der Waals surface area contributed by atoms with Gasteiger partial charge in [-0.25, -0.2) is 0 Å². The molecule has 1 rings (SSSR count). The van der Waals surface area contributed by atoms with Crippen LogP contribution in [-0.4, -0.2) is 26.2 Å². The summed E-state index contributed by atoms with van der Waals surface area (Å²) in [4.78, 5) is 11.8. The fourth-order valence-electron chi connectivity index (χ4n) is 1.44. The van der Waals surface area contributed by atoms with Crippen molar-refractivity contribution in [2.45, 2.75) is 12.6 Å². The summed E-state index contributed by atoms with van der Waals surface area (Å²) in [6.45, 7) is 0.819. The van der Waals surface area contributed by atoms with Crippen LogP contribution < -0.4 is 5.32 Å². The summed E-state index contributed by atoms with van der Waals surface area (Å²) in [6.07, 6.45) is -3.90. The summed E-state index contributed by atoms with van der Waals surface area (Å²) in [7, 11) is 1.53. The molecule has 0 heterocycles. The first-order chi connectivity index (χ1) is 8.88. The molecule has 19 heavy (non-hydrogen) atoms. The lowest BCUT2D eigenvalue weighted by Gasteiger charge is -2.12. The van der Waals surface area contributed by atoms with Crippen molar-refractivity contribution in [1.82, 2.24) is 5.32 Å². The topological polar surface area (TPSA) is 38.3 Å². The second kappa shape index (κ2) is 6.91. The number of ether oxygens (including phenoxy) is 1. The molecule has 0 atom stereocenters. The monoisotopic (exact) mass is 339 g/mol. The van der Waals surface area contributed by atoms with Crippen LogP contribution in [-0.2, 0) is 10.9 Å². The predicted molar refractivity (Wildman–Crippen MR) is 68.0 cm³/mol. The van der Waals surface area contributed by atoms with Gasteiger partial charge < -0.3 is 10.1 Å². The molecule has 0 radical (unpaired) electrons. The molecule has 3 nitrogen and oxygen atoms in total. The molecule has 0 spiro atoms. The van der Waals surface area contributed by atoms with Crippen molar-refractivity contribution in [2.24, 2.45) is 0 Å². The number of methoxy groups -OCH3 is 1. The lowest BCUT2D eigenvalue weighted by Crippen LogP contribution is -2.26. The van der Waals surface area contributed by atoms with Crippen molar-refractivity contribution in [3.63, 3.8) is 0 Å². The van der Waals surface area contributed by atoms with Gasteiger partial charge in [0.25, 0.3) is 5.91 Å². The Morgan fingerprint density at radius 1 is 1.42 bits per heavy atom. The van der Waals surface area contributed by atoms with E-state index in [1.165, 1.54) is 19.2 Å². The smallest absolute Gasteiger partial charge is 0.385 e. The second-order valence-corrected chi connectivity index (χ2v) is 4.56. The zero-order valence-electron chi connectivity index (χ0n) is 10.2. The number of carbonyl (C=O) groups is 1. The molecule has 0 aliphatic heterocycles. The van der Waals surface area contributed by atoms with E-state index in [4.69, 9.17) is 4.74 Å². The normalized spacial score (nSPS) is 11.4. The molecule has 1 N–H and O–H groups in total. The highest BCUT2D eigenvalue weighted by atomic mass is 79.9. The molecule has 0 fully saturated rings. The van der Waals surface area contributed by atoms with Crippen LogP contribution >= 0.6 is 15.9 Å². The van der Waals surface area contributed by atoms with E-state index in [0.717, 1.165) is 6.07 Å². The number of halogens is 4. The molecule has 1 aromatic carbocycles. The summed E-state index contributed by atoms with van der Waals surface area (Å²) >= 11 is 2.83. The number of hydrogen-bond acceptors (Lipinski definition) is 2. The van der Waals surface area contributed by atoms with E-state index in [1.54, 1.807) is 0 Å². The van der Waals surface area contributed by atoms with E-state index < -0.39 is 17.6 Å². The molecule has 0 aliphatic rings. The number of nitrogens with one attached hydrogen (secondary N) is 1. The molecule has 0 unspecified atom stereocenters. The first-order valence-corrected chi connectivity index (χ1v) is 6.30. The number of hydrogen-bond donors (Lipinski definition) is 1. The van der Waals surface area contributed by atoms with Gasteiger partial charge in [0, 0.05) is 24.7 Å². The van der Waals surface area contributed by atoms with Crippen LogP contribution in [0.5, 0.6) is 0 Å². The minimum absolute atomic E-state index is 0.0350. The summed E-state index contributed by atoms with van der Waals surface area (Å²) < 4.78 is 42.6. The van der Waals surface area contributed by atoms with E-state index in [0.29, 0.717) is 19.6 Å². The average molecular weight is 340 g/mol. The van der Waals surface area contributed by atoms with Gasteiger partial charge in [0.05, 0.1) is 11.1 Å². The highest BCUT2D eigenvalue weighted by Gasteiger charge is 2.34. The van der Waals surface area contributed by atoms with Gasteiger partial charge in [-0.15, -0.1) is 0 Å². The lowest BCUT2D eigenvalue weighted by molar-refractivity contribution is -0.138. The van der Waals surface area contributed by atoms with Crippen LogP contribution in [0.2, 0.25) is 0 Å². The fourth-order valence-corrected chi connectivity index (χ4v) is 2.11. The Labute approximate surface area is 117 Å². The maximum Gasteiger partial charge on any atom is 0.417 e. The largest absolute Gasteiger partial charge is 0.417 e. The second-order valence-electron chi connectivity index (χ2n) is 3.77. The van der Waals surface area contributed by atoms with Crippen LogP contribution in [0.1, 0.15) is 22.3 Å². The van der Waals surface area contributed by atoms with Crippen molar-refractivity contribution < 1.29 is 22.7 Å². The van der Waals surface area contributed by atoms with Crippen LogP contribution in [0.15, 0.2) is 22.7 Å². The fraction of sp³-hybridized carbons (Fsp3) is 0.417. The minimum Gasteiger partial charge on any atom is -0.385 e. The zero-order valence-corrected chi connectivity index (χ0v) is 11.8. The Morgan fingerprint density at radius 3 is 2.68 bits per heavy atom. The Bertz CT molecular complexity index is 449. The first-order valence-electron chi connectivity index (χ1n) is 5.50. The Kier molecular flexibility index (Phi) is 5.81. The average Bonchev–Trinajstić information content (AvgIpc) is 2.33. The van der Waals surface area contributed by atoms with Crippen molar-refractivity contribution in [2.75, 3.05) is 20.3 Å². The van der Waals surface area contributed by atoms with Crippen molar-refractivity contribution >= 4 is 21.8 Å². The Balaban J connectivity index is 2.81. The van der Waals surface area contributed by atoms with Gasteiger partial charge in [0.2, 0.25) is 0 Å². The quantitative estimate of drug-likeness (QED) is 0.836. The summed E-state index contributed by atoms with van der Waals surface area (Å²) in [5.74, 6) is -0.547. The summed E-state index contributed by atoms with van der Waals surface area (Å²) in [5.41, 5.74) is -0.899. The molecule has 0 aromatic heterocycles. The van der Waals surface area contributed by atoms with E-state index in [2.05, 4.69) is 21.2 Å². The SMILES string of the molecule is COCCCNC(=O)c1cccc(C(F)(F)F)c1Br. The van der Waals surface area contributed by atoms with Crippen LogP contribution in [0.4, 0.5) is 13.2 Å². The van der Waals surface area contributed by atoms with Gasteiger partial charge in [0.15, 0.2) is 0 Å². The number of alkyl halides is 3. The molecule has 1 amide bonds. The minimum atomic E-state index is -4.49. The van der Waals surface area contributed by atoms with Gasteiger partial charge in [-0.2, -0.15) is 13.2 Å². The molecular weight excluding hydrogens is 327 g/mol. The number of amides is 1. The molecular formula is C12H13BrF3NO2. The van der Waals surface area contributed by atoms with Gasteiger partial charge in [-0.3, -0.25) is 4.79 Å². The number of rotatable bonds is 5. The zero-order chi connectivity index (χ0) is 14.5. The third-order valence-corrected chi connectivity index (χ3v) is 3.21. The Morgan fingerprint density at radius 2 is 2.11 bits per heavy atom. The molecule has 0 saturated carbocycles. The van der Waals surface area contributed by atoms with Crippen LogP contribution in [0.25, 0.3) is 0 Å². The van der Waals surface area contributed by atoms with Gasteiger partial charge in [-0.05, 0) is 34.5 Å². The van der Waals surface area contributed by atoms with Crippen LogP contribution in [0, 0.1) is 0 Å². The highest BCUT2D eigenvalue weighted by molar-refractivity contribution is 9.10.